The van der Waals surface area contributed by atoms with Gasteiger partial charge in [0.15, 0.2) is 6.61 Å². The monoisotopic (exact) mass is 494 g/mol. The lowest BCUT2D eigenvalue weighted by Gasteiger charge is -2.38. The average Bonchev–Trinajstić information content (AvgIpc) is 2.83. The van der Waals surface area contributed by atoms with Gasteiger partial charge in [0.1, 0.15) is 11.5 Å². The molecular formula is C27H28NO6S-. The molecule has 184 valence electrons. The van der Waals surface area contributed by atoms with Crippen LogP contribution in [0.1, 0.15) is 41.1 Å². The van der Waals surface area contributed by atoms with E-state index in [0.717, 1.165) is 45.6 Å². The first-order chi connectivity index (χ1) is 16.8. The molecule has 0 heterocycles. The predicted octanol–water partition coefficient (Wildman–Crippen LogP) is 5.12. The van der Waals surface area contributed by atoms with Gasteiger partial charge in [0, 0.05) is 17.0 Å². The standard InChI is InChI=1S/C27H29NO6S/c1-17-13-20(14-18(2)27(17)33-3)19-7-4-8-21(15-19)28(35(31)32)24-11-5-10-23-22(24)9-6-12-25(23)34-16-26(29)30/h4,6-9,12-15,24H,5,10-11,16H2,1-3H3,(H,29,30)(H,31,32)/p-1. The van der Waals surface area contributed by atoms with E-state index in [2.05, 4.69) is 0 Å². The van der Waals surface area contributed by atoms with Crippen LogP contribution in [0.25, 0.3) is 11.1 Å². The Labute approximate surface area is 207 Å². The van der Waals surface area contributed by atoms with Crippen LogP contribution in [-0.2, 0) is 22.5 Å². The Morgan fingerprint density at radius 1 is 1.11 bits per heavy atom. The number of carboxylic acids is 1. The molecule has 0 radical (unpaired) electrons. The highest BCUT2D eigenvalue weighted by Gasteiger charge is 2.29. The first-order valence-electron chi connectivity index (χ1n) is 11.4. The number of anilines is 1. The molecule has 35 heavy (non-hydrogen) atoms. The summed E-state index contributed by atoms with van der Waals surface area (Å²) in [6.45, 7) is 3.53. The number of nitrogens with zero attached hydrogens (tertiary/aromatic N) is 1. The number of benzene rings is 3. The van der Waals surface area contributed by atoms with Crippen LogP contribution in [0.3, 0.4) is 0 Å². The van der Waals surface area contributed by atoms with E-state index in [1.54, 1.807) is 25.3 Å². The van der Waals surface area contributed by atoms with E-state index in [-0.39, 0.29) is 0 Å². The Morgan fingerprint density at radius 3 is 2.49 bits per heavy atom. The van der Waals surface area contributed by atoms with Crippen molar-refractivity contribution in [3.8, 4) is 22.6 Å². The van der Waals surface area contributed by atoms with Gasteiger partial charge in [-0.05, 0) is 96.8 Å². The number of methoxy groups -OCH3 is 1. The Kier molecular flexibility index (Phi) is 7.42. The third-order valence-corrected chi connectivity index (χ3v) is 7.11. The second-order valence-corrected chi connectivity index (χ2v) is 9.48. The highest BCUT2D eigenvalue weighted by atomic mass is 32.2. The zero-order valence-electron chi connectivity index (χ0n) is 19.9. The molecule has 1 N–H and O–H groups in total. The summed E-state index contributed by atoms with van der Waals surface area (Å²) >= 11 is -2.53. The van der Waals surface area contributed by atoms with Crippen LogP contribution in [0.5, 0.6) is 11.5 Å². The number of fused-ring (bicyclic) bond motifs is 1. The zero-order chi connectivity index (χ0) is 25.1. The molecule has 3 aromatic rings. The van der Waals surface area contributed by atoms with Crippen molar-refractivity contribution in [2.45, 2.75) is 39.2 Å². The molecule has 0 saturated heterocycles. The molecule has 0 bridgehead atoms. The van der Waals surface area contributed by atoms with Gasteiger partial charge >= 0.3 is 5.97 Å². The van der Waals surface area contributed by atoms with Gasteiger partial charge in [-0.25, -0.2) is 4.79 Å². The molecule has 0 saturated carbocycles. The van der Waals surface area contributed by atoms with E-state index in [4.69, 9.17) is 14.6 Å². The fraction of sp³-hybridized carbons (Fsp3) is 0.296. The number of ether oxygens (including phenoxy) is 2. The van der Waals surface area contributed by atoms with Crippen molar-refractivity contribution in [2.75, 3.05) is 18.0 Å². The zero-order valence-corrected chi connectivity index (χ0v) is 20.8. The van der Waals surface area contributed by atoms with Crippen molar-refractivity contribution in [2.24, 2.45) is 0 Å². The van der Waals surface area contributed by atoms with Crippen LogP contribution < -0.4 is 13.8 Å². The van der Waals surface area contributed by atoms with E-state index in [1.165, 1.54) is 4.31 Å². The molecule has 0 amide bonds. The van der Waals surface area contributed by atoms with Crippen LogP contribution in [0.4, 0.5) is 5.69 Å². The summed E-state index contributed by atoms with van der Waals surface area (Å²) in [7, 11) is 1.65. The molecule has 8 heteroatoms. The molecule has 4 rings (SSSR count). The smallest absolute Gasteiger partial charge is 0.341 e. The van der Waals surface area contributed by atoms with Gasteiger partial charge < -0.3 is 19.1 Å². The number of hydrogen-bond acceptors (Lipinski definition) is 5. The molecular weight excluding hydrogens is 466 g/mol. The minimum atomic E-state index is -2.53. The molecule has 0 aliphatic heterocycles. The summed E-state index contributed by atoms with van der Waals surface area (Å²) in [5, 5.41) is 9.00. The van der Waals surface area contributed by atoms with Gasteiger partial charge in [-0.2, -0.15) is 0 Å². The number of hydrogen-bond donors (Lipinski definition) is 1. The molecule has 1 aliphatic carbocycles. The second-order valence-electron chi connectivity index (χ2n) is 8.65. The second kappa shape index (κ2) is 10.5. The lowest BCUT2D eigenvalue weighted by atomic mass is 9.86. The minimum Gasteiger partial charge on any atom is -0.755 e. The van der Waals surface area contributed by atoms with Crippen molar-refractivity contribution in [3.05, 3.63) is 76.9 Å². The highest BCUT2D eigenvalue weighted by molar-refractivity contribution is 7.80. The fourth-order valence-electron chi connectivity index (χ4n) is 4.94. The lowest BCUT2D eigenvalue weighted by molar-refractivity contribution is -0.139. The number of rotatable bonds is 8. The molecule has 2 unspecified atom stereocenters. The first-order valence-corrected chi connectivity index (χ1v) is 12.4. The van der Waals surface area contributed by atoms with Crippen molar-refractivity contribution < 1.29 is 28.1 Å². The molecule has 2 atom stereocenters. The van der Waals surface area contributed by atoms with Gasteiger partial charge in [0.25, 0.3) is 0 Å². The van der Waals surface area contributed by atoms with E-state index in [1.807, 2.05) is 50.2 Å². The maximum atomic E-state index is 12.5. The summed E-state index contributed by atoms with van der Waals surface area (Å²) in [4.78, 5) is 11.0. The van der Waals surface area contributed by atoms with Crippen molar-refractivity contribution in [1.82, 2.24) is 0 Å². The first kappa shape index (κ1) is 24.8. The molecule has 7 nitrogen and oxygen atoms in total. The topological polar surface area (TPSA) is 99.1 Å². The number of carboxylic acid groups (broad SMARTS) is 1. The molecule has 1 aliphatic rings. The number of aliphatic carboxylic acids is 1. The van der Waals surface area contributed by atoms with Gasteiger partial charge in [0.2, 0.25) is 0 Å². The van der Waals surface area contributed by atoms with E-state index in [0.29, 0.717) is 24.3 Å². The Morgan fingerprint density at radius 2 is 1.83 bits per heavy atom. The van der Waals surface area contributed by atoms with Crippen LogP contribution >= 0.6 is 0 Å². The Hall–Kier alpha value is -3.36. The third-order valence-electron chi connectivity index (χ3n) is 6.33. The van der Waals surface area contributed by atoms with Crippen molar-refractivity contribution >= 4 is 22.9 Å². The Bertz CT molecular complexity index is 1250. The summed E-state index contributed by atoms with van der Waals surface area (Å²) in [5.41, 5.74) is 6.16. The number of carbonyl (C=O) groups is 1. The van der Waals surface area contributed by atoms with Gasteiger partial charge in [-0.1, -0.05) is 24.3 Å². The summed E-state index contributed by atoms with van der Waals surface area (Å²) in [6, 6.07) is 16.6. The summed E-state index contributed by atoms with van der Waals surface area (Å²) in [6.07, 6.45) is 2.11. The van der Waals surface area contributed by atoms with Crippen LogP contribution in [0.2, 0.25) is 0 Å². The van der Waals surface area contributed by atoms with Gasteiger partial charge in [-0.15, -0.1) is 0 Å². The lowest BCUT2D eigenvalue weighted by Crippen LogP contribution is -2.33. The largest absolute Gasteiger partial charge is 0.755 e. The molecule has 3 aromatic carbocycles. The van der Waals surface area contributed by atoms with Crippen LogP contribution in [0, 0.1) is 13.8 Å². The van der Waals surface area contributed by atoms with E-state index < -0.39 is 29.9 Å². The fourth-order valence-corrected chi connectivity index (χ4v) is 5.65. The molecule has 0 aromatic heterocycles. The Balaban J connectivity index is 1.73. The van der Waals surface area contributed by atoms with E-state index in [9.17, 15) is 13.6 Å². The van der Waals surface area contributed by atoms with Crippen molar-refractivity contribution in [3.63, 3.8) is 0 Å². The summed E-state index contributed by atoms with van der Waals surface area (Å²) in [5.74, 6) is 0.272. The maximum absolute atomic E-state index is 12.5. The van der Waals surface area contributed by atoms with E-state index >= 15 is 0 Å². The minimum absolute atomic E-state index is 0.417. The maximum Gasteiger partial charge on any atom is 0.341 e. The highest BCUT2D eigenvalue weighted by Crippen LogP contribution is 2.42. The van der Waals surface area contributed by atoms with Gasteiger partial charge in [-0.3, -0.25) is 8.51 Å². The van der Waals surface area contributed by atoms with Crippen LogP contribution in [-0.4, -0.2) is 33.6 Å². The normalized spacial score (nSPS) is 15.7. The summed E-state index contributed by atoms with van der Waals surface area (Å²) < 4.78 is 37.5. The van der Waals surface area contributed by atoms with Crippen LogP contribution in [0.15, 0.2) is 54.6 Å². The number of aryl methyl sites for hydroxylation is 2. The SMILES string of the molecule is COc1c(C)cc(-c2cccc(N(C3CCCc4c(OCC(=O)O)cccc43)S(=O)[O-])c2)cc1C. The quantitative estimate of drug-likeness (QED) is 0.437. The third kappa shape index (κ3) is 5.18. The van der Waals surface area contributed by atoms with Crippen molar-refractivity contribution in [1.29, 1.82) is 0 Å². The molecule has 0 spiro atoms. The molecule has 0 fully saturated rings. The predicted molar refractivity (Wildman–Crippen MR) is 135 cm³/mol. The van der Waals surface area contributed by atoms with Gasteiger partial charge in [0.05, 0.1) is 13.2 Å². The average molecular weight is 495 g/mol.